The minimum Gasteiger partial charge on any atom is -0.482 e. The minimum absolute atomic E-state index is 0.546. The van der Waals surface area contributed by atoms with E-state index in [0.29, 0.717) is 17.5 Å². The molecular weight excluding hydrogens is 707 g/mol. The maximum atomic E-state index is 6.93. The maximum absolute atomic E-state index is 6.93. The van der Waals surface area contributed by atoms with Gasteiger partial charge in [-0.05, 0) is 106 Å². The molecule has 8 aromatic carbocycles. The molecule has 0 amide bonds. The highest BCUT2D eigenvalue weighted by Crippen LogP contribution is 2.49. The Morgan fingerprint density at radius 1 is 0.310 bits per heavy atom. The van der Waals surface area contributed by atoms with Gasteiger partial charge in [-0.15, -0.1) is 0 Å². The smallest absolute Gasteiger partial charge is 0.167 e. The fourth-order valence-corrected chi connectivity index (χ4v) is 8.05. The van der Waals surface area contributed by atoms with Crippen LogP contribution in [-0.4, -0.2) is 15.0 Å². The lowest BCUT2D eigenvalue weighted by atomic mass is 9.85. The molecular formula is C54H39N3O. The molecule has 276 valence electrons. The number of aromatic nitrogens is 3. The van der Waals surface area contributed by atoms with Gasteiger partial charge in [0.1, 0.15) is 11.4 Å². The zero-order valence-corrected chi connectivity index (χ0v) is 32.3. The fourth-order valence-electron chi connectivity index (χ4n) is 8.05. The second-order valence-corrected chi connectivity index (χ2v) is 15.2. The third-order valence-corrected chi connectivity index (χ3v) is 10.9. The first-order valence-corrected chi connectivity index (χ1v) is 19.7. The summed E-state index contributed by atoms with van der Waals surface area (Å²) in [7, 11) is 0. The van der Waals surface area contributed by atoms with Crippen molar-refractivity contribution in [2.45, 2.75) is 19.4 Å². The van der Waals surface area contributed by atoms with E-state index in [9.17, 15) is 0 Å². The van der Waals surface area contributed by atoms with E-state index in [1.54, 1.807) is 0 Å². The molecule has 1 aliphatic heterocycles. The van der Waals surface area contributed by atoms with Crippen molar-refractivity contribution in [3.63, 3.8) is 0 Å². The Labute approximate surface area is 339 Å². The molecule has 9 aromatic rings. The zero-order valence-electron chi connectivity index (χ0n) is 32.3. The summed E-state index contributed by atoms with van der Waals surface area (Å²) in [5, 5.41) is 0. The van der Waals surface area contributed by atoms with Gasteiger partial charge in [0.15, 0.2) is 17.5 Å². The van der Waals surface area contributed by atoms with E-state index in [0.717, 1.165) is 83.6 Å². The number of hydrogen-bond donors (Lipinski definition) is 0. The summed E-state index contributed by atoms with van der Waals surface area (Å²) in [6.45, 7) is 4.24. The van der Waals surface area contributed by atoms with Crippen molar-refractivity contribution < 1.29 is 4.74 Å². The van der Waals surface area contributed by atoms with Crippen LogP contribution in [0.1, 0.15) is 19.4 Å². The predicted octanol–water partition coefficient (Wildman–Crippen LogP) is 13.8. The van der Waals surface area contributed by atoms with Crippen LogP contribution in [0.2, 0.25) is 0 Å². The third kappa shape index (κ3) is 6.65. The van der Waals surface area contributed by atoms with Crippen molar-refractivity contribution in [2.24, 2.45) is 0 Å². The third-order valence-electron chi connectivity index (χ3n) is 10.9. The van der Waals surface area contributed by atoms with Crippen LogP contribution < -0.4 is 4.74 Å². The lowest BCUT2D eigenvalue weighted by molar-refractivity contribution is 0.106. The van der Waals surface area contributed by atoms with Crippen LogP contribution in [0.25, 0.3) is 89.8 Å². The van der Waals surface area contributed by atoms with Crippen LogP contribution in [-0.2, 0) is 5.60 Å². The number of hydrogen-bond acceptors (Lipinski definition) is 4. The van der Waals surface area contributed by atoms with Crippen molar-refractivity contribution in [1.29, 1.82) is 0 Å². The molecule has 4 heteroatoms. The molecule has 1 aliphatic rings. The zero-order chi connectivity index (χ0) is 39.1. The summed E-state index contributed by atoms with van der Waals surface area (Å²) in [4.78, 5) is 16.0. The largest absolute Gasteiger partial charge is 0.482 e. The molecule has 0 atom stereocenters. The van der Waals surface area contributed by atoms with E-state index >= 15 is 0 Å². The Kier molecular flexibility index (Phi) is 8.80. The number of fused-ring (bicyclic) bond motifs is 3. The molecule has 4 nitrogen and oxygen atoms in total. The summed E-state index contributed by atoms with van der Waals surface area (Å²) >= 11 is 0. The van der Waals surface area contributed by atoms with Crippen LogP contribution >= 0.6 is 0 Å². The summed E-state index contributed by atoms with van der Waals surface area (Å²) in [6, 6.07) is 69.9. The monoisotopic (exact) mass is 745 g/mol. The van der Waals surface area contributed by atoms with E-state index in [-0.39, 0.29) is 0 Å². The Balaban J connectivity index is 1.24. The second-order valence-electron chi connectivity index (χ2n) is 15.2. The van der Waals surface area contributed by atoms with E-state index in [2.05, 4.69) is 190 Å². The molecule has 0 saturated heterocycles. The van der Waals surface area contributed by atoms with Crippen LogP contribution in [0.5, 0.6) is 5.75 Å². The lowest BCUT2D eigenvalue weighted by Gasteiger charge is -2.35. The average molecular weight is 746 g/mol. The van der Waals surface area contributed by atoms with Crippen molar-refractivity contribution in [3.8, 4) is 95.5 Å². The van der Waals surface area contributed by atoms with Gasteiger partial charge < -0.3 is 4.74 Å². The van der Waals surface area contributed by atoms with E-state index in [1.165, 1.54) is 0 Å². The number of ether oxygens (including phenoxy) is 1. The molecule has 10 rings (SSSR count). The molecule has 58 heavy (non-hydrogen) atoms. The van der Waals surface area contributed by atoms with Gasteiger partial charge in [-0.1, -0.05) is 158 Å². The number of para-hydroxylation sites is 1. The molecule has 0 radical (unpaired) electrons. The van der Waals surface area contributed by atoms with E-state index in [1.807, 2.05) is 24.3 Å². The first-order valence-electron chi connectivity index (χ1n) is 19.7. The highest BCUT2D eigenvalue weighted by molar-refractivity contribution is 5.86. The quantitative estimate of drug-likeness (QED) is 0.163. The van der Waals surface area contributed by atoms with Gasteiger partial charge in [0.2, 0.25) is 0 Å². The molecule has 0 aliphatic carbocycles. The molecule has 0 unspecified atom stereocenters. The van der Waals surface area contributed by atoms with Crippen molar-refractivity contribution >= 4 is 0 Å². The lowest BCUT2D eigenvalue weighted by Crippen LogP contribution is -2.29. The maximum Gasteiger partial charge on any atom is 0.167 e. The van der Waals surface area contributed by atoms with Crippen LogP contribution in [0, 0.1) is 0 Å². The van der Waals surface area contributed by atoms with Gasteiger partial charge in [0, 0.05) is 22.3 Å². The molecule has 0 spiro atoms. The molecule has 0 N–H and O–H groups in total. The summed E-state index contributed by atoms with van der Waals surface area (Å²) < 4.78 is 6.93. The van der Waals surface area contributed by atoms with Gasteiger partial charge in [0.25, 0.3) is 0 Å². The summed E-state index contributed by atoms with van der Waals surface area (Å²) in [6.07, 6.45) is 0. The van der Waals surface area contributed by atoms with Crippen LogP contribution in [0.3, 0.4) is 0 Å². The summed E-state index contributed by atoms with van der Waals surface area (Å²) in [5.41, 5.74) is 14.1. The Morgan fingerprint density at radius 3 is 1.10 bits per heavy atom. The highest BCUT2D eigenvalue weighted by Gasteiger charge is 2.34. The van der Waals surface area contributed by atoms with Crippen molar-refractivity contribution in [1.82, 2.24) is 15.0 Å². The van der Waals surface area contributed by atoms with Crippen LogP contribution in [0.4, 0.5) is 0 Å². The van der Waals surface area contributed by atoms with Gasteiger partial charge in [0.05, 0.1) is 5.56 Å². The van der Waals surface area contributed by atoms with E-state index < -0.39 is 5.60 Å². The van der Waals surface area contributed by atoms with Gasteiger partial charge in [-0.25, -0.2) is 15.0 Å². The highest BCUT2D eigenvalue weighted by atomic mass is 16.5. The Bertz CT molecular complexity index is 2670. The fraction of sp³-hybridized carbons (Fsp3) is 0.0556. The second kappa shape index (κ2) is 14.6. The normalized spacial score (nSPS) is 12.6. The number of benzene rings is 8. The molecule has 0 fully saturated rings. The SMILES string of the molecule is CC1(C)Oc2c(-c3nc(-c4cc(-c5ccccc5)cc(-c5ccccc5)c4)nc(-c4cc(-c5ccccc5)cc(-c5ccccc5)c4)n3)cccc2-c2ccccc21. The molecule has 0 saturated carbocycles. The molecule has 2 heterocycles. The average Bonchev–Trinajstić information content (AvgIpc) is 3.29. The van der Waals surface area contributed by atoms with Crippen LogP contribution in [0.15, 0.2) is 200 Å². The minimum atomic E-state index is -0.568. The number of nitrogens with zero attached hydrogens (tertiary/aromatic N) is 3. The van der Waals surface area contributed by atoms with Gasteiger partial charge in [-0.2, -0.15) is 0 Å². The molecule has 1 aromatic heterocycles. The molecule has 0 bridgehead atoms. The predicted molar refractivity (Wildman–Crippen MR) is 237 cm³/mol. The summed E-state index contributed by atoms with van der Waals surface area (Å²) in [5.74, 6) is 2.47. The first kappa shape index (κ1) is 35.0. The first-order chi connectivity index (χ1) is 28.5. The topological polar surface area (TPSA) is 47.9 Å². The van der Waals surface area contributed by atoms with Gasteiger partial charge in [-0.3, -0.25) is 0 Å². The van der Waals surface area contributed by atoms with E-state index in [4.69, 9.17) is 19.7 Å². The van der Waals surface area contributed by atoms with Crippen molar-refractivity contribution in [2.75, 3.05) is 0 Å². The number of rotatable bonds is 7. The Hall–Kier alpha value is -7.43. The van der Waals surface area contributed by atoms with Crippen molar-refractivity contribution in [3.05, 3.63) is 206 Å². The Morgan fingerprint density at radius 2 is 0.655 bits per heavy atom. The standard InChI is InChI=1S/C54H39N3O/c1-54(2)49-29-16-15-26-46(49)47-27-17-28-48(50(47)58-54)53-56-51(44-32-40(36-18-7-3-8-19-36)30-41(33-44)37-20-9-4-10-21-37)55-52(57-53)45-34-42(38-22-11-5-12-23-38)31-43(35-45)39-24-13-6-14-25-39/h3-35H,1-2H3. The van der Waals surface area contributed by atoms with Gasteiger partial charge >= 0.3 is 0 Å².